The fourth-order valence-electron chi connectivity index (χ4n) is 2.83. The first-order valence-corrected chi connectivity index (χ1v) is 7.62. The van der Waals surface area contributed by atoms with Gasteiger partial charge in [-0.3, -0.25) is 9.59 Å². The SMILES string of the molecule is CN1C(=O)C(O)=C(C(=O)/C=C/c2ccccc2)C1c1ccccc1. The smallest absolute Gasteiger partial charge is 0.289 e. The molecule has 0 spiro atoms. The molecule has 0 bridgehead atoms. The third-order valence-corrected chi connectivity index (χ3v) is 4.05. The van der Waals surface area contributed by atoms with Crippen LogP contribution in [0.2, 0.25) is 0 Å². The maximum atomic E-state index is 12.6. The lowest BCUT2D eigenvalue weighted by atomic mass is 9.96. The Morgan fingerprint density at radius 3 is 2.25 bits per heavy atom. The Morgan fingerprint density at radius 1 is 1.04 bits per heavy atom. The standard InChI is InChI=1S/C20H17NO3/c1-21-18(15-10-6-3-7-11-15)17(19(23)20(21)24)16(22)13-12-14-8-4-2-5-9-14/h2-13,18,23H,1H3/b13-12+. The zero-order valence-electron chi connectivity index (χ0n) is 13.2. The molecule has 2 aromatic rings. The minimum Gasteiger partial charge on any atom is -0.503 e. The maximum Gasteiger partial charge on any atom is 0.289 e. The number of carbonyl (C=O) groups is 2. The summed E-state index contributed by atoms with van der Waals surface area (Å²) in [6, 6.07) is 18.0. The topological polar surface area (TPSA) is 57.6 Å². The highest BCUT2D eigenvalue weighted by atomic mass is 16.3. The fraction of sp³-hybridized carbons (Fsp3) is 0.100. The lowest BCUT2D eigenvalue weighted by molar-refractivity contribution is -0.128. The molecule has 0 saturated heterocycles. The first-order valence-electron chi connectivity index (χ1n) is 7.62. The van der Waals surface area contributed by atoms with Gasteiger partial charge in [-0.1, -0.05) is 66.7 Å². The number of aliphatic hydroxyl groups is 1. The number of hydrogen-bond acceptors (Lipinski definition) is 3. The van der Waals surface area contributed by atoms with Gasteiger partial charge < -0.3 is 10.0 Å². The molecule has 1 unspecified atom stereocenters. The van der Waals surface area contributed by atoms with E-state index < -0.39 is 17.7 Å². The van der Waals surface area contributed by atoms with Crippen LogP contribution in [-0.4, -0.2) is 28.7 Å². The summed E-state index contributed by atoms with van der Waals surface area (Å²) in [5.41, 5.74) is 1.77. The predicted molar refractivity (Wildman–Crippen MR) is 92.1 cm³/mol. The highest BCUT2D eigenvalue weighted by Crippen LogP contribution is 2.36. The second kappa shape index (κ2) is 6.54. The number of likely N-dealkylation sites (N-methyl/N-ethyl adjacent to an activating group) is 1. The minimum atomic E-state index is -0.577. The van der Waals surface area contributed by atoms with Gasteiger partial charge in [-0.15, -0.1) is 0 Å². The van der Waals surface area contributed by atoms with Gasteiger partial charge in [0.15, 0.2) is 11.5 Å². The number of carbonyl (C=O) groups excluding carboxylic acids is 2. The Labute approximate surface area is 140 Å². The Morgan fingerprint density at radius 2 is 1.62 bits per heavy atom. The summed E-state index contributed by atoms with van der Waals surface area (Å²) in [5.74, 6) is -1.39. The molecule has 0 fully saturated rings. The number of nitrogens with zero attached hydrogens (tertiary/aromatic N) is 1. The molecule has 24 heavy (non-hydrogen) atoms. The van der Waals surface area contributed by atoms with Crippen LogP contribution in [0.1, 0.15) is 17.2 Å². The highest BCUT2D eigenvalue weighted by Gasteiger charge is 2.40. The van der Waals surface area contributed by atoms with Gasteiger partial charge in [-0.2, -0.15) is 0 Å². The van der Waals surface area contributed by atoms with Gasteiger partial charge >= 0.3 is 0 Å². The molecule has 1 atom stereocenters. The van der Waals surface area contributed by atoms with Crippen molar-refractivity contribution in [1.29, 1.82) is 0 Å². The van der Waals surface area contributed by atoms with Crippen molar-refractivity contribution in [3.63, 3.8) is 0 Å². The quantitative estimate of drug-likeness (QED) is 0.880. The normalized spacial score (nSPS) is 17.8. The number of ketones is 1. The van der Waals surface area contributed by atoms with E-state index in [9.17, 15) is 14.7 Å². The number of aliphatic hydroxyl groups excluding tert-OH is 1. The van der Waals surface area contributed by atoms with Crippen LogP contribution in [0.15, 0.2) is 78.1 Å². The molecule has 1 heterocycles. The first kappa shape index (κ1) is 15.7. The molecule has 1 aliphatic rings. The molecular weight excluding hydrogens is 302 g/mol. The molecular formula is C20H17NO3. The summed E-state index contributed by atoms with van der Waals surface area (Å²) >= 11 is 0. The maximum absolute atomic E-state index is 12.6. The molecule has 0 aliphatic carbocycles. The minimum absolute atomic E-state index is 0.112. The molecule has 4 heteroatoms. The number of benzene rings is 2. The van der Waals surface area contributed by atoms with Crippen LogP contribution in [0.4, 0.5) is 0 Å². The van der Waals surface area contributed by atoms with Crippen LogP contribution < -0.4 is 0 Å². The predicted octanol–water partition coefficient (Wildman–Crippen LogP) is 3.29. The average Bonchev–Trinajstić information content (AvgIpc) is 2.85. The molecule has 1 aliphatic heterocycles. The van der Waals surface area contributed by atoms with E-state index in [1.54, 1.807) is 13.1 Å². The van der Waals surface area contributed by atoms with E-state index in [2.05, 4.69) is 0 Å². The van der Waals surface area contributed by atoms with Gasteiger partial charge in [0.1, 0.15) is 0 Å². The van der Waals surface area contributed by atoms with E-state index in [0.29, 0.717) is 0 Å². The van der Waals surface area contributed by atoms with Crippen molar-refractivity contribution in [2.45, 2.75) is 6.04 Å². The van der Waals surface area contributed by atoms with Gasteiger partial charge in [-0.05, 0) is 17.2 Å². The monoisotopic (exact) mass is 319 g/mol. The van der Waals surface area contributed by atoms with Crippen molar-refractivity contribution < 1.29 is 14.7 Å². The molecule has 120 valence electrons. The van der Waals surface area contributed by atoms with Crippen molar-refractivity contribution >= 4 is 17.8 Å². The highest BCUT2D eigenvalue weighted by molar-refractivity contribution is 6.14. The zero-order chi connectivity index (χ0) is 17.1. The van der Waals surface area contributed by atoms with Crippen molar-refractivity contribution in [3.05, 3.63) is 89.2 Å². The van der Waals surface area contributed by atoms with E-state index >= 15 is 0 Å². The lowest BCUT2D eigenvalue weighted by Crippen LogP contribution is -2.26. The average molecular weight is 319 g/mol. The van der Waals surface area contributed by atoms with Gasteiger partial charge in [0.2, 0.25) is 0 Å². The van der Waals surface area contributed by atoms with Crippen LogP contribution in [0.25, 0.3) is 6.08 Å². The van der Waals surface area contributed by atoms with E-state index in [1.165, 1.54) is 11.0 Å². The van der Waals surface area contributed by atoms with Crippen LogP contribution >= 0.6 is 0 Å². The fourth-order valence-corrected chi connectivity index (χ4v) is 2.83. The Bertz CT molecular complexity index is 822. The van der Waals surface area contributed by atoms with Gasteiger partial charge in [0, 0.05) is 7.05 Å². The number of hydrogen-bond donors (Lipinski definition) is 1. The van der Waals surface area contributed by atoms with E-state index in [-0.39, 0.29) is 11.4 Å². The summed E-state index contributed by atoms with van der Waals surface area (Å²) in [5, 5.41) is 10.2. The van der Waals surface area contributed by atoms with Crippen LogP contribution in [-0.2, 0) is 9.59 Å². The third-order valence-electron chi connectivity index (χ3n) is 4.05. The Hall–Kier alpha value is -3.14. The molecule has 2 aromatic carbocycles. The number of allylic oxidation sites excluding steroid dienone is 1. The Kier molecular flexibility index (Phi) is 4.29. The molecule has 0 radical (unpaired) electrons. The number of amides is 1. The van der Waals surface area contributed by atoms with E-state index in [1.807, 2.05) is 60.7 Å². The van der Waals surface area contributed by atoms with Crippen molar-refractivity contribution in [3.8, 4) is 0 Å². The van der Waals surface area contributed by atoms with Gasteiger partial charge in [-0.25, -0.2) is 0 Å². The van der Waals surface area contributed by atoms with Gasteiger partial charge in [0.25, 0.3) is 5.91 Å². The molecule has 0 aromatic heterocycles. The molecule has 1 N–H and O–H groups in total. The summed E-state index contributed by atoms with van der Waals surface area (Å²) in [6.45, 7) is 0. The van der Waals surface area contributed by atoms with Crippen LogP contribution in [0.3, 0.4) is 0 Å². The summed E-state index contributed by atoms with van der Waals surface area (Å²) < 4.78 is 0. The second-order valence-corrected chi connectivity index (χ2v) is 5.60. The largest absolute Gasteiger partial charge is 0.503 e. The molecule has 3 rings (SSSR count). The van der Waals surface area contributed by atoms with E-state index in [0.717, 1.165) is 11.1 Å². The molecule has 1 amide bonds. The summed E-state index contributed by atoms with van der Waals surface area (Å²) in [4.78, 5) is 26.1. The molecule has 0 saturated carbocycles. The molecule has 4 nitrogen and oxygen atoms in total. The van der Waals surface area contributed by atoms with E-state index in [4.69, 9.17) is 0 Å². The van der Waals surface area contributed by atoms with Crippen LogP contribution in [0.5, 0.6) is 0 Å². The summed E-state index contributed by atoms with van der Waals surface area (Å²) in [7, 11) is 1.58. The first-order chi connectivity index (χ1) is 11.6. The summed E-state index contributed by atoms with van der Waals surface area (Å²) in [6.07, 6.45) is 3.07. The lowest BCUT2D eigenvalue weighted by Gasteiger charge is -2.22. The van der Waals surface area contributed by atoms with Crippen molar-refractivity contribution in [2.75, 3.05) is 7.05 Å². The van der Waals surface area contributed by atoms with Crippen molar-refractivity contribution in [1.82, 2.24) is 4.90 Å². The zero-order valence-corrected chi connectivity index (χ0v) is 13.2. The Balaban J connectivity index is 1.95. The van der Waals surface area contributed by atoms with Crippen LogP contribution in [0, 0.1) is 0 Å². The van der Waals surface area contributed by atoms with Crippen molar-refractivity contribution in [2.24, 2.45) is 0 Å². The van der Waals surface area contributed by atoms with Gasteiger partial charge in [0.05, 0.1) is 11.6 Å². The third kappa shape index (κ3) is 2.86. The number of rotatable bonds is 4. The second-order valence-electron chi connectivity index (χ2n) is 5.60.